The van der Waals surface area contributed by atoms with Gasteiger partial charge in [0.1, 0.15) is 5.57 Å². The van der Waals surface area contributed by atoms with Crippen LogP contribution in [0.2, 0.25) is 0 Å². The first-order valence-electron chi connectivity index (χ1n) is 7.43. The van der Waals surface area contributed by atoms with Gasteiger partial charge in [0.25, 0.3) is 11.8 Å². The lowest BCUT2D eigenvalue weighted by Crippen LogP contribution is -2.56. The van der Waals surface area contributed by atoms with Gasteiger partial charge >= 0.3 is 6.03 Å². The summed E-state index contributed by atoms with van der Waals surface area (Å²) >= 11 is 1.38. The number of thioether (sulfide) groups is 1. The van der Waals surface area contributed by atoms with Gasteiger partial charge in [-0.1, -0.05) is 23.9 Å². The van der Waals surface area contributed by atoms with E-state index in [0.29, 0.717) is 5.03 Å². The zero-order valence-corrected chi connectivity index (χ0v) is 14.0. The molecule has 2 heterocycles. The van der Waals surface area contributed by atoms with Gasteiger partial charge in [0, 0.05) is 25.0 Å². The molecule has 0 aromatic heterocycles. The molecule has 2 aliphatic rings. The van der Waals surface area contributed by atoms with Crippen molar-refractivity contribution in [3.8, 4) is 0 Å². The predicted octanol–water partition coefficient (Wildman–Crippen LogP) is 2.27. The van der Waals surface area contributed by atoms with Gasteiger partial charge in [-0.05, 0) is 26.0 Å². The summed E-state index contributed by atoms with van der Waals surface area (Å²) in [5.41, 5.74) is 1.01. The molecule has 0 N–H and O–H groups in total. The van der Waals surface area contributed by atoms with E-state index < -0.39 is 17.8 Å². The van der Waals surface area contributed by atoms with Gasteiger partial charge in [-0.25, -0.2) is 4.79 Å². The highest BCUT2D eigenvalue weighted by Gasteiger charge is 2.44. The topological polar surface area (TPSA) is 60.9 Å². The Kier molecular flexibility index (Phi) is 3.89. The summed E-state index contributed by atoms with van der Waals surface area (Å²) in [6, 6.07) is 7.17. The number of fused-ring (bicyclic) bond motifs is 1. The van der Waals surface area contributed by atoms with Crippen molar-refractivity contribution in [2.75, 3.05) is 25.0 Å². The number of imide groups is 2. The number of benzene rings is 1. The smallest absolute Gasteiger partial charge is 0.333 e. The normalized spacial score (nSPS) is 18.2. The molecule has 1 saturated heterocycles. The van der Waals surface area contributed by atoms with Crippen LogP contribution in [-0.2, 0) is 9.59 Å². The Hall–Kier alpha value is -2.28. The molecule has 6 nitrogen and oxygen atoms in total. The fourth-order valence-electron chi connectivity index (χ4n) is 2.74. The minimum atomic E-state index is -0.544. The summed E-state index contributed by atoms with van der Waals surface area (Å²) in [7, 11) is 1.82. The molecule has 0 radical (unpaired) electrons. The second kappa shape index (κ2) is 5.73. The van der Waals surface area contributed by atoms with E-state index in [4.69, 9.17) is 0 Å². The van der Waals surface area contributed by atoms with Crippen LogP contribution in [0.5, 0.6) is 0 Å². The molecule has 0 spiro atoms. The highest BCUT2D eigenvalue weighted by Crippen LogP contribution is 2.46. The maximum absolute atomic E-state index is 12.7. The summed E-state index contributed by atoms with van der Waals surface area (Å²) in [5, 5.41) is 0.575. The van der Waals surface area contributed by atoms with Crippen LogP contribution in [0.25, 0.3) is 0 Å². The molecule has 0 unspecified atom stereocenters. The number of barbiturate groups is 1. The molecule has 120 valence electrons. The highest BCUT2D eigenvalue weighted by atomic mass is 32.2. The van der Waals surface area contributed by atoms with E-state index in [0.717, 1.165) is 20.4 Å². The fourth-order valence-corrected chi connectivity index (χ4v) is 3.92. The molecule has 3 rings (SSSR count). The molecule has 2 aliphatic heterocycles. The van der Waals surface area contributed by atoms with Gasteiger partial charge in [0.05, 0.1) is 10.7 Å². The summed E-state index contributed by atoms with van der Waals surface area (Å²) in [6.07, 6.45) is 0. The number of hydrogen-bond acceptors (Lipinski definition) is 5. The van der Waals surface area contributed by atoms with Crippen LogP contribution in [0.4, 0.5) is 10.5 Å². The second-order valence-electron chi connectivity index (χ2n) is 5.19. The zero-order valence-electron chi connectivity index (χ0n) is 13.2. The zero-order chi connectivity index (χ0) is 16.7. The SMILES string of the molecule is CCN1C(=O)C(=C2Sc3ccccc3N2C)C(=O)N(CC)C1=O. The first-order valence-corrected chi connectivity index (χ1v) is 8.25. The Labute approximate surface area is 138 Å². The molecule has 1 aromatic rings. The van der Waals surface area contributed by atoms with Crippen LogP contribution in [-0.4, -0.2) is 47.8 Å². The van der Waals surface area contributed by atoms with Crippen molar-refractivity contribution in [3.63, 3.8) is 0 Å². The predicted molar refractivity (Wildman–Crippen MR) is 87.9 cm³/mol. The number of amides is 4. The molecule has 0 aliphatic carbocycles. The van der Waals surface area contributed by atoms with Crippen molar-refractivity contribution in [1.82, 2.24) is 9.80 Å². The van der Waals surface area contributed by atoms with Crippen molar-refractivity contribution < 1.29 is 14.4 Å². The molecule has 0 atom stereocenters. The quantitative estimate of drug-likeness (QED) is 0.614. The van der Waals surface area contributed by atoms with E-state index in [1.54, 1.807) is 13.8 Å². The Morgan fingerprint density at radius 1 is 0.957 bits per heavy atom. The summed E-state index contributed by atoms with van der Waals surface area (Å²) in [6.45, 7) is 3.92. The average molecular weight is 331 g/mol. The summed E-state index contributed by atoms with van der Waals surface area (Å²) < 4.78 is 0. The van der Waals surface area contributed by atoms with Crippen LogP contribution in [0.3, 0.4) is 0 Å². The summed E-state index contributed by atoms with van der Waals surface area (Å²) in [5.74, 6) is -1.04. The fraction of sp³-hybridized carbons (Fsp3) is 0.312. The van der Waals surface area contributed by atoms with Gasteiger partial charge in [-0.2, -0.15) is 0 Å². The molecule has 0 bridgehead atoms. The maximum atomic E-state index is 12.7. The van der Waals surface area contributed by atoms with Gasteiger partial charge in [0.15, 0.2) is 0 Å². The first kappa shape index (κ1) is 15.6. The number of hydrogen-bond donors (Lipinski definition) is 0. The molecule has 1 fully saturated rings. The number of likely N-dealkylation sites (N-methyl/N-ethyl adjacent to an activating group) is 2. The number of urea groups is 1. The minimum absolute atomic E-state index is 0.0667. The summed E-state index contributed by atoms with van der Waals surface area (Å²) in [4.78, 5) is 42.7. The molecule has 4 amide bonds. The first-order chi connectivity index (χ1) is 11.0. The number of nitrogens with zero attached hydrogens (tertiary/aromatic N) is 3. The van der Waals surface area contributed by atoms with Gasteiger partial charge in [-0.15, -0.1) is 0 Å². The van der Waals surface area contributed by atoms with E-state index in [-0.39, 0.29) is 18.7 Å². The number of rotatable bonds is 2. The van der Waals surface area contributed by atoms with Crippen LogP contribution in [0.15, 0.2) is 39.8 Å². The van der Waals surface area contributed by atoms with E-state index >= 15 is 0 Å². The minimum Gasteiger partial charge on any atom is -0.337 e. The molecule has 0 saturated carbocycles. The van der Waals surface area contributed by atoms with E-state index in [2.05, 4.69) is 0 Å². The third kappa shape index (κ3) is 2.23. The van der Waals surface area contributed by atoms with Gasteiger partial charge < -0.3 is 4.90 Å². The van der Waals surface area contributed by atoms with E-state index in [1.165, 1.54) is 11.8 Å². The van der Waals surface area contributed by atoms with Crippen molar-refractivity contribution in [1.29, 1.82) is 0 Å². The number of anilines is 1. The lowest BCUT2D eigenvalue weighted by atomic mass is 10.1. The number of carbonyl (C=O) groups excluding carboxylic acids is 3. The molecule has 1 aromatic carbocycles. The number of carbonyl (C=O) groups is 3. The standard InChI is InChI=1S/C16H17N3O3S/c1-4-18-13(20)12(14(21)19(5-2)16(18)22)15-17(3)10-8-6-7-9-11(10)23-15/h6-9H,4-5H2,1-3H3. The van der Waals surface area contributed by atoms with Gasteiger partial charge in [-0.3, -0.25) is 19.4 Å². The van der Waals surface area contributed by atoms with Crippen LogP contribution >= 0.6 is 11.8 Å². The monoisotopic (exact) mass is 331 g/mol. The van der Waals surface area contributed by atoms with Crippen LogP contribution < -0.4 is 4.90 Å². The van der Waals surface area contributed by atoms with Crippen molar-refractivity contribution in [2.45, 2.75) is 18.7 Å². The van der Waals surface area contributed by atoms with Crippen LogP contribution in [0, 0.1) is 0 Å². The van der Waals surface area contributed by atoms with Crippen molar-refractivity contribution >= 4 is 35.3 Å². The Bertz CT molecular complexity index is 716. The lowest BCUT2D eigenvalue weighted by molar-refractivity contribution is -0.135. The largest absolute Gasteiger partial charge is 0.337 e. The third-order valence-corrected chi connectivity index (χ3v) is 5.20. The highest BCUT2D eigenvalue weighted by molar-refractivity contribution is 8.03. The van der Waals surface area contributed by atoms with Crippen molar-refractivity contribution in [2.24, 2.45) is 0 Å². The molecule has 7 heteroatoms. The Balaban J connectivity index is 2.12. The molecular weight excluding hydrogens is 314 g/mol. The molecular formula is C16H17N3O3S. The Morgan fingerprint density at radius 2 is 1.52 bits per heavy atom. The third-order valence-electron chi connectivity index (χ3n) is 3.96. The second-order valence-corrected chi connectivity index (χ2v) is 6.22. The van der Waals surface area contributed by atoms with Gasteiger partial charge in [0.2, 0.25) is 0 Å². The lowest BCUT2D eigenvalue weighted by Gasteiger charge is -2.33. The van der Waals surface area contributed by atoms with Crippen molar-refractivity contribution in [3.05, 3.63) is 34.9 Å². The van der Waals surface area contributed by atoms with Crippen LogP contribution in [0.1, 0.15) is 13.8 Å². The Morgan fingerprint density at radius 3 is 2.04 bits per heavy atom. The molecule has 23 heavy (non-hydrogen) atoms. The maximum Gasteiger partial charge on any atom is 0.333 e. The number of para-hydroxylation sites is 1. The van der Waals surface area contributed by atoms with E-state index in [9.17, 15) is 14.4 Å². The van der Waals surface area contributed by atoms with E-state index in [1.807, 2.05) is 36.2 Å². The average Bonchev–Trinajstić information content (AvgIpc) is 2.86.